The first-order valence-electron chi connectivity index (χ1n) is 5.46. The number of carbonyl (C=O) groups is 1. The number of nitriles is 1. The van der Waals surface area contributed by atoms with E-state index in [1.807, 2.05) is 0 Å². The summed E-state index contributed by atoms with van der Waals surface area (Å²) in [6, 6.07) is 12.5. The van der Waals surface area contributed by atoms with Gasteiger partial charge in [0.2, 0.25) is 5.91 Å². The van der Waals surface area contributed by atoms with E-state index >= 15 is 0 Å². The highest BCUT2D eigenvalue weighted by Gasteiger charge is 2.04. The summed E-state index contributed by atoms with van der Waals surface area (Å²) in [4.78, 5) is 11.1. The maximum Gasteiger partial charge on any atom is 0.248 e. The molecule has 0 aliphatic rings. The van der Waals surface area contributed by atoms with Crippen molar-refractivity contribution >= 4 is 17.3 Å². The standard InChI is InChI=1S/C14H10FN3O/c15-13-5-4-12(7-10(13)8-16)18-11-3-1-2-9(6-11)14(17)19/h1-7,18H,(H2,17,19). The molecule has 0 heterocycles. The molecule has 0 aromatic heterocycles. The molecule has 1 amide bonds. The first kappa shape index (κ1) is 12.6. The van der Waals surface area contributed by atoms with Gasteiger partial charge in [-0.05, 0) is 36.4 Å². The number of primary amides is 1. The van der Waals surface area contributed by atoms with Gasteiger partial charge in [-0.15, -0.1) is 0 Å². The second-order valence-electron chi connectivity index (χ2n) is 3.88. The average molecular weight is 255 g/mol. The summed E-state index contributed by atoms with van der Waals surface area (Å²) in [6.45, 7) is 0. The smallest absolute Gasteiger partial charge is 0.248 e. The van der Waals surface area contributed by atoms with Crippen LogP contribution in [0.4, 0.5) is 15.8 Å². The van der Waals surface area contributed by atoms with Crippen molar-refractivity contribution in [2.24, 2.45) is 5.73 Å². The highest BCUT2D eigenvalue weighted by molar-refractivity contribution is 5.93. The highest BCUT2D eigenvalue weighted by Crippen LogP contribution is 2.20. The van der Waals surface area contributed by atoms with Gasteiger partial charge >= 0.3 is 0 Å². The Morgan fingerprint density at radius 2 is 1.95 bits per heavy atom. The second-order valence-corrected chi connectivity index (χ2v) is 3.88. The van der Waals surface area contributed by atoms with E-state index in [9.17, 15) is 9.18 Å². The average Bonchev–Trinajstić information content (AvgIpc) is 2.41. The van der Waals surface area contributed by atoms with Gasteiger partial charge in [0, 0.05) is 16.9 Å². The summed E-state index contributed by atoms with van der Waals surface area (Å²) in [5.41, 5.74) is 6.69. The van der Waals surface area contributed by atoms with Crippen LogP contribution in [0, 0.1) is 17.1 Å². The lowest BCUT2D eigenvalue weighted by atomic mass is 10.1. The minimum atomic E-state index is -0.570. The lowest BCUT2D eigenvalue weighted by molar-refractivity contribution is 0.100. The monoisotopic (exact) mass is 255 g/mol. The summed E-state index contributed by atoms with van der Waals surface area (Å²) in [7, 11) is 0. The third-order valence-corrected chi connectivity index (χ3v) is 2.52. The topological polar surface area (TPSA) is 78.9 Å². The zero-order chi connectivity index (χ0) is 13.8. The van der Waals surface area contributed by atoms with Gasteiger partial charge < -0.3 is 11.1 Å². The minimum Gasteiger partial charge on any atom is -0.366 e. The number of hydrogen-bond donors (Lipinski definition) is 2. The number of rotatable bonds is 3. The number of benzene rings is 2. The molecule has 0 atom stereocenters. The fraction of sp³-hybridized carbons (Fsp3) is 0. The number of nitrogens with one attached hydrogen (secondary N) is 1. The van der Waals surface area contributed by atoms with E-state index in [0.29, 0.717) is 16.9 Å². The highest BCUT2D eigenvalue weighted by atomic mass is 19.1. The van der Waals surface area contributed by atoms with Crippen molar-refractivity contribution in [3.05, 3.63) is 59.4 Å². The second kappa shape index (κ2) is 5.19. The molecule has 2 aromatic rings. The molecule has 2 rings (SSSR count). The molecular weight excluding hydrogens is 245 g/mol. The van der Waals surface area contributed by atoms with Crippen LogP contribution in [0.5, 0.6) is 0 Å². The molecule has 0 bridgehead atoms. The first-order chi connectivity index (χ1) is 9.10. The van der Waals surface area contributed by atoms with Crippen molar-refractivity contribution in [3.63, 3.8) is 0 Å². The molecule has 94 valence electrons. The van der Waals surface area contributed by atoms with Crippen molar-refractivity contribution in [2.75, 3.05) is 5.32 Å². The molecular formula is C14H10FN3O. The number of carbonyl (C=O) groups excluding carboxylic acids is 1. The fourth-order valence-electron chi connectivity index (χ4n) is 1.61. The predicted octanol–water partition coefficient (Wildman–Crippen LogP) is 2.54. The van der Waals surface area contributed by atoms with Gasteiger partial charge in [0.15, 0.2) is 0 Å². The van der Waals surface area contributed by atoms with Crippen LogP contribution in [0.1, 0.15) is 15.9 Å². The Labute approximate surface area is 109 Å². The molecule has 0 radical (unpaired) electrons. The Hall–Kier alpha value is -2.87. The molecule has 0 aliphatic carbocycles. The van der Waals surface area contributed by atoms with Crippen LogP contribution in [-0.2, 0) is 0 Å². The summed E-state index contributed by atoms with van der Waals surface area (Å²) < 4.78 is 13.2. The van der Waals surface area contributed by atoms with Gasteiger partial charge in [-0.25, -0.2) is 4.39 Å². The maximum atomic E-state index is 13.2. The number of anilines is 2. The SMILES string of the molecule is N#Cc1cc(Nc2cccc(C(N)=O)c2)ccc1F. The quantitative estimate of drug-likeness (QED) is 0.884. The predicted molar refractivity (Wildman–Crippen MR) is 69.4 cm³/mol. The molecule has 3 N–H and O–H groups in total. The zero-order valence-corrected chi connectivity index (χ0v) is 9.85. The Morgan fingerprint density at radius 1 is 1.21 bits per heavy atom. The third-order valence-electron chi connectivity index (χ3n) is 2.52. The molecule has 0 aliphatic heterocycles. The Kier molecular flexibility index (Phi) is 3.44. The normalized spacial score (nSPS) is 9.68. The van der Waals surface area contributed by atoms with Crippen molar-refractivity contribution in [3.8, 4) is 6.07 Å². The molecule has 0 spiro atoms. The number of hydrogen-bond acceptors (Lipinski definition) is 3. The van der Waals surface area contributed by atoms with Crippen LogP contribution in [0.25, 0.3) is 0 Å². The van der Waals surface area contributed by atoms with Gasteiger partial charge in [-0.3, -0.25) is 4.79 Å². The van der Waals surface area contributed by atoms with E-state index in [0.717, 1.165) is 0 Å². The van der Waals surface area contributed by atoms with Crippen LogP contribution >= 0.6 is 0 Å². The van der Waals surface area contributed by atoms with Crippen molar-refractivity contribution < 1.29 is 9.18 Å². The Morgan fingerprint density at radius 3 is 2.63 bits per heavy atom. The van der Waals surface area contributed by atoms with E-state index < -0.39 is 11.7 Å². The van der Waals surface area contributed by atoms with Crippen molar-refractivity contribution in [2.45, 2.75) is 0 Å². The van der Waals surface area contributed by atoms with Gasteiger partial charge in [-0.2, -0.15) is 5.26 Å². The maximum absolute atomic E-state index is 13.2. The van der Waals surface area contributed by atoms with E-state index in [1.165, 1.54) is 18.2 Å². The third kappa shape index (κ3) is 2.87. The van der Waals surface area contributed by atoms with Crippen molar-refractivity contribution in [1.29, 1.82) is 5.26 Å². The molecule has 19 heavy (non-hydrogen) atoms. The van der Waals surface area contributed by atoms with E-state index in [2.05, 4.69) is 5.32 Å². The van der Waals surface area contributed by atoms with E-state index in [-0.39, 0.29) is 5.56 Å². The largest absolute Gasteiger partial charge is 0.366 e. The van der Waals surface area contributed by atoms with Gasteiger partial charge in [0.25, 0.3) is 0 Å². The number of halogens is 1. The van der Waals surface area contributed by atoms with Crippen LogP contribution in [0.15, 0.2) is 42.5 Å². The minimum absolute atomic E-state index is 0.0453. The lowest BCUT2D eigenvalue weighted by Crippen LogP contribution is -2.10. The van der Waals surface area contributed by atoms with Gasteiger partial charge in [-0.1, -0.05) is 6.07 Å². The number of nitrogens with two attached hydrogens (primary N) is 1. The first-order valence-corrected chi connectivity index (χ1v) is 5.46. The molecule has 5 heteroatoms. The van der Waals surface area contributed by atoms with Crippen LogP contribution in [0.3, 0.4) is 0 Å². The number of nitrogens with zero attached hydrogens (tertiary/aromatic N) is 1. The molecule has 4 nitrogen and oxygen atoms in total. The Bertz CT molecular complexity index is 677. The van der Waals surface area contributed by atoms with Crippen LogP contribution in [0.2, 0.25) is 0 Å². The summed E-state index contributed by atoms with van der Waals surface area (Å²) in [5, 5.41) is 11.7. The van der Waals surface area contributed by atoms with E-state index in [1.54, 1.807) is 30.3 Å². The van der Waals surface area contributed by atoms with Crippen LogP contribution < -0.4 is 11.1 Å². The van der Waals surface area contributed by atoms with Gasteiger partial charge in [0.05, 0.1) is 5.56 Å². The fourth-order valence-corrected chi connectivity index (χ4v) is 1.61. The van der Waals surface area contributed by atoms with Gasteiger partial charge in [0.1, 0.15) is 11.9 Å². The molecule has 0 saturated heterocycles. The van der Waals surface area contributed by atoms with E-state index in [4.69, 9.17) is 11.0 Å². The molecule has 0 fully saturated rings. The summed E-state index contributed by atoms with van der Waals surface area (Å²) >= 11 is 0. The lowest BCUT2D eigenvalue weighted by Gasteiger charge is -2.08. The summed E-state index contributed by atoms with van der Waals surface area (Å²) in [6.07, 6.45) is 0. The molecule has 0 unspecified atom stereocenters. The number of amides is 1. The zero-order valence-electron chi connectivity index (χ0n) is 9.85. The summed E-state index contributed by atoms with van der Waals surface area (Å²) in [5.74, 6) is -1.10. The molecule has 2 aromatic carbocycles. The Balaban J connectivity index is 2.29. The van der Waals surface area contributed by atoms with Crippen LogP contribution in [-0.4, -0.2) is 5.91 Å². The van der Waals surface area contributed by atoms with Crippen molar-refractivity contribution in [1.82, 2.24) is 0 Å². The molecule has 0 saturated carbocycles.